The largest absolute Gasteiger partial charge is 0.494 e. The van der Waals surface area contributed by atoms with Crippen LogP contribution in [-0.4, -0.2) is 52.5 Å². The summed E-state index contributed by atoms with van der Waals surface area (Å²) in [4.78, 5) is 37.5. The number of benzene rings is 1. The van der Waals surface area contributed by atoms with Gasteiger partial charge in [-0.1, -0.05) is 6.92 Å². The molecule has 0 atom stereocenters. The third-order valence-electron chi connectivity index (χ3n) is 3.93. The lowest BCUT2D eigenvalue weighted by Crippen LogP contribution is -2.38. The zero-order valence-electron chi connectivity index (χ0n) is 15.7. The monoisotopic (exact) mass is 378 g/mol. The van der Waals surface area contributed by atoms with Crippen molar-refractivity contribution >= 4 is 29.2 Å². The summed E-state index contributed by atoms with van der Waals surface area (Å²) in [5.74, 6) is -1.14. The maximum absolute atomic E-state index is 12.3. The van der Waals surface area contributed by atoms with Gasteiger partial charge >= 0.3 is 11.9 Å². The van der Waals surface area contributed by atoms with Gasteiger partial charge in [-0.3, -0.25) is 4.79 Å². The Kier molecular flexibility index (Phi) is 6.78. The molecule has 0 aliphatic carbocycles. The van der Waals surface area contributed by atoms with Crippen LogP contribution < -0.4 is 15.0 Å². The van der Waals surface area contributed by atoms with Crippen LogP contribution in [0.4, 0.5) is 11.4 Å². The Bertz CT molecular complexity index is 773. The first kappa shape index (κ1) is 20.2. The molecule has 2 rings (SSSR count). The van der Waals surface area contributed by atoms with Crippen molar-refractivity contribution in [2.24, 2.45) is 0 Å². The van der Waals surface area contributed by atoms with Gasteiger partial charge in [-0.2, -0.15) is 0 Å². The Morgan fingerprint density at radius 3 is 2.44 bits per heavy atom. The normalized spacial score (nSPS) is 13.9. The Hall–Kier alpha value is -3.07. The number of carbonyl (C=O) groups excluding carboxylic acids is 3. The van der Waals surface area contributed by atoms with Crippen LogP contribution in [0.3, 0.4) is 0 Å². The van der Waals surface area contributed by atoms with Crippen molar-refractivity contribution in [2.45, 2.75) is 13.3 Å². The molecular weight excluding hydrogens is 356 g/mol. The van der Waals surface area contributed by atoms with Gasteiger partial charge < -0.3 is 29.2 Å². The number of amides is 1. The molecule has 1 heterocycles. The van der Waals surface area contributed by atoms with Gasteiger partial charge in [0.1, 0.15) is 18.2 Å². The Morgan fingerprint density at radius 1 is 1.15 bits per heavy atom. The minimum Gasteiger partial charge on any atom is -0.494 e. The van der Waals surface area contributed by atoms with Gasteiger partial charge in [0, 0.05) is 18.2 Å². The van der Waals surface area contributed by atoms with Crippen LogP contribution in [0.5, 0.6) is 5.75 Å². The van der Waals surface area contributed by atoms with Crippen LogP contribution >= 0.6 is 0 Å². The first-order valence-corrected chi connectivity index (χ1v) is 8.19. The van der Waals surface area contributed by atoms with Crippen molar-refractivity contribution in [3.05, 3.63) is 29.5 Å². The Morgan fingerprint density at radius 2 is 1.85 bits per heavy atom. The molecule has 1 aromatic carbocycles. The van der Waals surface area contributed by atoms with Crippen molar-refractivity contribution < 1.29 is 33.3 Å². The summed E-state index contributed by atoms with van der Waals surface area (Å²) >= 11 is 0. The number of methoxy groups -OCH3 is 3. The lowest BCUT2D eigenvalue weighted by molar-refractivity contribution is -0.140. The predicted octanol–water partition coefficient (Wildman–Crippen LogP) is 1.44. The summed E-state index contributed by atoms with van der Waals surface area (Å²) in [6.45, 7) is 1.69. The SMILES string of the molecule is CCC(=O)Nc1ccc(N2COCC(C(=O)OC)=C2C(=O)OC)cc1OC. The molecule has 27 heavy (non-hydrogen) atoms. The molecule has 1 N–H and O–H groups in total. The molecule has 0 aromatic heterocycles. The van der Waals surface area contributed by atoms with Gasteiger partial charge in [0.15, 0.2) is 0 Å². The highest BCUT2D eigenvalue weighted by Crippen LogP contribution is 2.33. The number of anilines is 2. The summed E-state index contributed by atoms with van der Waals surface area (Å²) in [6, 6.07) is 4.93. The van der Waals surface area contributed by atoms with E-state index in [0.29, 0.717) is 23.5 Å². The molecule has 146 valence electrons. The van der Waals surface area contributed by atoms with Crippen molar-refractivity contribution in [3.63, 3.8) is 0 Å². The predicted molar refractivity (Wildman–Crippen MR) is 96.3 cm³/mol. The van der Waals surface area contributed by atoms with E-state index in [2.05, 4.69) is 5.32 Å². The second-order valence-electron chi connectivity index (χ2n) is 5.50. The fraction of sp³-hybridized carbons (Fsp3) is 0.389. The second-order valence-corrected chi connectivity index (χ2v) is 5.50. The molecule has 1 aliphatic rings. The number of hydrogen-bond donors (Lipinski definition) is 1. The van der Waals surface area contributed by atoms with Crippen LogP contribution in [0, 0.1) is 0 Å². The maximum atomic E-state index is 12.3. The zero-order valence-corrected chi connectivity index (χ0v) is 15.7. The fourth-order valence-corrected chi connectivity index (χ4v) is 2.54. The Labute approximate surface area is 156 Å². The van der Waals surface area contributed by atoms with Gasteiger partial charge in [0.05, 0.1) is 39.2 Å². The molecule has 9 nitrogen and oxygen atoms in total. The number of esters is 2. The average molecular weight is 378 g/mol. The number of carbonyl (C=O) groups is 3. The third-order valence-corrected chi connectivity index (χ3v) is 3.93. The van der Waals surface area contributed by atoms with E-state index < -0.39 is 11.9 Å². The van der Waals surface area contributed by atoms with E-state index in [-0.39, 0.29) is 30.5 Å². The van der Waals surface area contributed by atoms with Gasteiger partial charge in [-0.25, -0.2) is 9.59 Å². The van der Waals surface area contributed by atoms with Crippen molar-refractivity contribution in [2.75, 3.05) is 44.9 Å². The molecule has 0 bridgehead atoms. The van der Waals surface area contributed by atoms with Gasteiger partial charge in [0.25, 0.3) is 0 Å². The van der Waals surface area contributed by atoms with E-state index >= 15 is 0 Å². The van der Waals surface area contributed by atoms with Crippen molar-refractivity contribution in [1.82, 2.24) is 0 Å². The number of nitrogens with one attached hydrogen (secondary N) is 1. The molecule has 0 spiro atoms. The van der Waals surface area contributed by atoms with Gasteiger partial charge in [0.2, 0.25) is 5.91 Å². The number of ether oxygens (including phenoxy) is 4. The number of nitrogens with zero attached hydrogens (tertiary/aromatic N) is 1. The maximum Gasteiger partial charge on any atom is 0.355 e. The number of rotatable bonds is 6. The highest BCUT2D eigenvalue weighted by molar-refractivity contribution is 6.03. The first-order valence-electron chi connectivity index (χ1n) is 8.19. The van der Waals surface area contributed by atoms with E-state index in [1.54, 1.807) is 25.1 Å². The standard InChI is InChI=1S/C18H22N2O7/c1-5-15(21)19-13-7-6-11(8-14(13)24-2)20-10-27-9-12(17(22)25-3)16(20)18(23)26-4/h6-8H,5,9-10H2,1-4H3,(H,19,21). The molecule has 1 aliphatic heterocycles. The van der Waals surface area contributed by atoms with Crippen LogP contribution in [0.15, 0.2) is 29.5 Å². The zero-order chi connectivity index (χ0) is 20.0. The van der Waals surface area contributed by atoms with Crippen LogP contribution in [0.2, 0.25) is 0 Å². The smallest absolute Gasteiger partial charge is 0.355 e. The van der Waals surface area contributed by atoms with Crippen LogP contribution in [-0.2, 0) is 28.6 Å². The molecule has 0 unspecified atom stereocenters. The summed E-state index contributed by atoms with van der Waals surface area (Å²) in [5.41, 5.74) is 1.09. The molecular formula is C18H22N2O7. The lowest BCUT2D eigenvalue weighted by atomic mass is 10.1. The van der Waals surface area contributed by atoms with E-state index in [1.807, 2.05) is 0 Å². The van der Waals surface area contributed by atoms with Gasteiger partial charge in [-0.05, 0) is 12.1 Å². The van der Waals surface area contributed by atoms with E-state index in [0.717, 1.165) is 0 Å². The molecule has 9 heteroatoms. The molecule has 0 radical (unpaired) electrons. The molecule has 1 amide bonds. The highest BCUT2D eigenvalue weighted by atomic mass is 16.5. The minimum absolute atomic E-state index is 0.0226. The van der Waals surface area contributed by atoms with Crippen molar-refractivity contribution in [3.8, 4) is 5.75 Å². The molecule has 1 aromatic rings. The lowest BCUT2D eigenvalue weighted by Gasteiger charge is -2.31. The van der Waals surface area contributed by atoms with E-state index in [9.17, 15) is 14.4 Å². The average Bonchev–Trinajstić information content (AvgIpc) is 2.72. The molecule has 0 saturated heterocycles. The highest BCUT2D eigenvalue weighted by Gasteiger charge is 2.32. The Balaban J connectivity index is 2.49. The summed E-state index contributed by atoms with van der Waals surface area (Å²) in [7, 11) is 3.91. The minimum atomic E-state index is -0.693. The molecule has 0 saturated carbocycles. The van der Waals surface area contributed by atoms with Crippen LogP contribution in [0.25, 0.3) is 0 Å². The quantitative estimate of drug-likeness (QED) is 0.742. The van der Waals surface area contributed by atoms with E-state index in [1.165, 1.54) is 26.2 Å². The number of hydrogen-bond acceptors (Lipinski definition) is 8. The summed E-state index contributed by atoms with van der Waals surface area (Å²) in [5, 5.41) is 2.73. The van der Waals surface area contributed by atoms with Crippen LogP contribution in [0.1, 0.15) is 13.3 Å². The topological polar surface area (TPSA) is 103 Å². The summed E-state index contributed by atoms with van der Waals surface area (Å²) in [6.07, 6.45) is 0.322. The summed E-state index contributed by atoms with van der Waals surface area (Å²) < 4.78 is 20.3. The van der Waals surface area contributed by atoms with Gasteiger partial charge in [-0.15, -0.1) is 0 Å². The molecule has 0 fully saturated rings. The fourth-order valence-electron chi connectivity index (χ4n) is 2.54. The third kappa shape index (κ3) is 4.37. The van der Waals surface area contributed by atoms with Crippen molar-refractivity contribution in [1.29, 1.82) is 0 Å². The first-order chi connectivity index (χ1) is 13.0. The van der Waals surface area contributed by atoms with E-state index in [4.69, 9.17) is 18.9 Å². The second kappa shape index (κ2) is 9.04.